The highest BCUT2D eigenvalue weighted by Gasteiger charge is 2.51. The van der Waals surface area contributed by atoms with Crippen molar-refractivity contribution in [3.63, 3.8) is 0 Å². The summed E-state index contributed by atoms with van der Waals surface area (Å²) in [6.07, 6.45) is 12.5. The van der Waals surface area contributed by atoms with Gasteiger partial charge in [-0.15, -0.1) is 0 Å². The molecule has 0 bridgehead atoms. The van der Waals surface area contributed by atoms with Crippen LogP contribution >= 0.6 is 7.26 Å². The zero-order valence-corrected chi connectivity index (χ0v) is 22.2. The lowest BCUT2D eigenvalue weighted by molar-refractivity contribution is -0.305. The first kappa shape index (κ1) is 27.2. The van der Waals surface area contributed by atoms with Crippen molar-refractivity contribution in [1.29, 1.82) is 0 Å². The van der Waals surface area contributed by atoms with Crippen molar-refractivity contribution in [1.82, 2.24) is 0 Å². The summed E-state index contributed by atoms with van der Waals surface area (Å²) >= 11 is 0. The van der Waals surface area contributed by atoms with Gasteiger partial charge in [-0.1, -0.05) is 93.6 Å². The van der Waals surface area contributed by atoms with Gasteiger partial charge in [-0.2, -0.15) is 0 Å². The normalized spacial score (nSPS) is 14.4. The highest BCUT2D eigenvalue weighted by molar-refractivity contribution is 7.96. The van der Waals surface area contributed by atoms with Crippen LogP contribution in [-0.4, -0.2) is 11.6 Å². The minimum absolute atomic E-state index is 0.222. The van der Waals surface area contributed by atoms with Crippen LogP contribution in [0.15, 0.2) is 91.0 Å². The maximum absolute atomic E-state index is 9.85. The molecule has 3 aromatic carbocycles. The molecule has 1 aliphatic rings. The summed E-state index contributed by atoms with van der Waals surface area (Å²) in [4.78, 5) is 9.85. The fourth-order valence-electron chi connectivity index (χ4n) is 5.41. The molecular weight excluding hydrogens is 447 g/mol. The Morgan fingerprint density at radius 2 is 1.11 bits per heavy atom. The number of carbonyl (C=O) groups is 1. The van der Waals surface area contributed by atoms with Crippen molar-refractivity contribution >= 4 is 29.1 Å². The maximum atomic E-state index is 9.85. The summed E-state index contributed by atoms with van der Waals surface area (Å²) in [6, 6.07) is 34.2. The van der Waals surface area contributed by atoms with Gasteiger partial charge in [-0.25, -0.2) is 0 Å². The predicted molar refractivity (Wildman–Crippen MR) is 150 cm³/mol. The molecule has 0 radical (unpaired) electrons. The van der Waals surface area contributed by atoms with Crippen LogP contribution in [0.2, 0.25) is 0 Å². The summed E-state index contributed by atoms with van der Waals surface area (Å²) in [7, 11) is -1.66. The molecule has 1 fully saturated rings. The number of carboxylic acids is 1. The molecule has 1 aliphatic carbocycles. The average Bonchev–Trinajstić information content (AvgIpc) is 3.19. The molecule has 2 nitrogen and oxygen atoms in total. The van der Waals surface area contributed by atoms with Crippen LogP contribution in [0.1, 0.15) is 77.6 Å². The monoisotopic (exact) mass is 488 g/mol. The Morgan fingerprint density at radius 1 is 0.686 bits per heavy atom. The SMILES string of the molecule is CCCCCCC(=O)[O-].c1ccc([P+](c2ccccc2)(c2ccccc2)C2CCCCCC2)cc1. The molecule has 0 N–H and O–H groups in total. The number of carbonyl (C=O) groups excluding carboxylic acids is 1. The summed E-state index contributed by atoms with van der Waals surface area (Å²) in [5, 5.41) is 14.5. The second kappa shape index (κ2) is 14.8. The van der Waals surface area contributed by atoms with E-state index in [4.69, 9.17) is 0 Å². The molecule has 0 heterocycles. The minimum atomic E-state index is -1.66. The molecule has 186 valence electrons. The highest BCUT2D eigenvalue weighted by atomic mass is 31.2. The van der Waals surface area contributed by atoms with E-state index in [9.17, 15) is 9.90 Å². The highest BCUT2D eigenvalue weighted by Crippen LogP contribution is 2.62. The molecule has 0 amide bonds. The van der Waals surface area contributed by atoms with Crippen molar-refractivity contribution in [3.05, 3.63) is 91.0 Å². The van der Waals surface area contributed by atoms with Crippen molar-refractivity contribution in [3.8, 4) is 0 Å². The van der Waals surface area contributed by atoms with Gasteiger partial charge in [0.15, 0.2) is 0 Å². The number of rotatable bonds is 9. The van der Waals surface area contributed by atoms with Crippen molar-refractivity contribution in [2.75, 3.05) is 0 Å². The van der Waals surface area contributed by atoms with E-state index in [1.807, 2.05) is 0 Å². The lowest BCUT2D eigenvalue weighted by Crippen LogP contribution is -2.38. The van der Waals surface area contributed by atoms with Gasteiger partial charge in [0.1, 0.15) is 23.2 Å². The van der Waals surface area contributed by atoms with Crippen LogP contribution in [0, 0.1) is 0 Å². The van der Waals surface area contributed by atoms with Crippen molar-refractivity contribution < 1.29 is 9.90 Å². The number of hydrogen-bond acceptors (Lipinski definition) is 2. The van der Waals surface area contributed by atoms with E-state index in [1.54, 1.807) is 15.9 Å². The molecule has 0 spiro atoms. The summed E-state index contributed by atoms with van der Waals surface area (Å²) in [5.41, 5.74) is 0.747. The van der Waals surface area contributed by atoms with Crippen LogP contribution in [0.3, 0.4) is 0 Å². The standard InChI is InChI=1S/C25H28P.C7H14O2/c1-2-7-15-22(14-6-1)26(23-16-8-3-9-17-23,24-18-10-4-11-19-24)25-20-12-5-13-21-25;1-2-3-4-5-6-7(8)9/h3-5,8-13,16-22H,1-2,6-7,14-15H2;2-6H2,1H3,(H,8,9)/q+1;/p-1. The number of unbranched alkanes of at least 4 members (excludes halogenated alkanes) is 3. The van der Waals surface area contributed by atoms with Gasteiger partial charge in [0.25, 0.3) is 0 Å². The third kappa shape index (κ3) is 7.52. The molecule has 0 unspecified atom stereocenters. The number of carboxylic acid groups (broad SMARTS) is 1. The molecule has 3 aromatic rings. The van der Waals surface area contributed by atoms with E-state index >= 15 is 0 Å². The Morgan fingerprint density at radius 3 is 1.49 bits per heavy atom. The van der Waals surface area contributed by atoms with E-state index in [2.05, 4.69) is 97.9 Å². The molecule has 1 saturated carbocycles. The van der Waals surface area contributed by atoms with Gasteiger partial charge >= 0.3 is 0 Å². The minimum Gasteiger partial charge on any atom is -0.550 e. The maximum Gasteiger partial charge on any atom is 0.115 e. The van der Waals surface area contributed by atoms with E-state index < -0.39 is 13.2 Å². The largest absolute Gasteiger partial charge is 0.550 e. The predicted octanol–water partition coefficient (Wildman–Crippen LogP) is 6.41. The average molecular weight is 489 g/mol. The Labute approximate surface area is 213 Å². The zero-order valence-electron chi connectivity index (χ0n) is 21.3. The van der Waals surface area contributed by atoms with Gasteiger partial charge in [0, 0.05) is 5.97 Å². The molecule has 0 aromatic heterocycles. The molecular formula is C32H41O2P. The third-order valence-corrected chi connectivity index (χ3v) is 12.0. The Bertz CT molecular complexity index is 868. The number of benzene rings is 3. The van der Waals surface area contributed by atoms with Crippen LogP contribution in [0.5, 0.6) is 0 Å². The van der Waals surface area contributed by atoms with Crippen LogP contribution in [0.25, 0.3) is 0 Å². The van der Waals surface area contributed by atoms with Gasteiger partial charge in [0.2, 0.25) is 0 Å². The molecule has 3 heteroatoms. The second-order valence-corrected chi connectivity index (χ2v) is 13.3. The van der Waals surface area contributed by atoms with Crippen LogP contribution in [0.4, 0.5) is 0 Å². The summed E-state index contributed by atoms with van der Waals surface area (Å²) in [5.74, 6) is -0.925. The summed E-state index contributed by atoms with van der Waals surface area (Å²) < 4.78 is 0. The Hall–Kier alpha value is -2.44. The second-order valence-electron chi connectivity index (χ2n) is 9.56. The molecule has 35 heavy (non-hydrogen) atoms. The fourth-order valence-corrected chi connectivity index (χ4v) is 10.6. The number of aliphatic carboxylic acids is 1. The first-order valence-corrected chi connectivity index (χ1v) is 15.3. The Kier molecular flexibility index (Phi) is 11.5. The summed E-state index contributed by atoms with van der Waals surface area (Å²) in [6.45, 7) is 2.10. The topological polar surface area (TPSA) is 40.1 Å². The fraction of sp³-hybridized carbons (Fsp3) is 0.406. The quantitative estimate of drug-likeness (QED) is 0.198. The first-order valence-electron chi connectivity index (χ1n) is 13.4. The lowest BCUT2D eigenvalue weighted by Gasteiger charge is -2.34. The smallest absolute Gasteiger partial charge is 0.115 e. The van der Waals surface area contributed by atoms with Gasteiger partial charge < -0.3 is 9.90 Å². The number of hydrogen-bond donors (Lipinski definition) is 0. The molecule has 0 saturated heterocycles. The first-order chi connectivity index (χ1) is 17.2. The molecule has 0 aliphatic heterocycles. The van der Waals surface area contributed by atoms with Crippen molar-refractivity contribution in [2.45, 2.75) is 83.2 Å². The Balaban J connectivity index is 0.000000327. The third-order valence-electron chi connectivity index (χ3n) is 7.10. The van der Waals surface area contributed by atoms with Gasteiger partial charge in [0.05, 0.1) is 5.66 Å². The van der Waals surface area contributed by atoms with E-state index in [-0.39, 0.29) is 6.42 Å². The van der Waals surface area contributed by atoms with E-state index in [0.717, 1.165) is 31.3 Å². The lowest BCUT2D eigenvalue weighted by atomic mass is 10.2. The van der Waals surface area contributed by atoms with E-state index in [1.165, 1.54) is 38.5 Å². The van der Waals surface area contributed by atoms with Crippen LogP contribution in [-0.2, 0) is 4.79 Å². The van der Waals surface area contributed by atoms with Crippen LogP contribution < -0.4 is 21.0 Å². The van der Waals surface area contributed by atoms with E-state index in [0.29, 0.717) is 0 Å². The van der Waals surface area contributed by atoms with Crippen molar-refractivity contribution in [2.24, 2.45) is 0 Å². The molecule has 4 rings (SSSR count). The zero-order chi connectivity index (χ0) is 24.8. The van der Waals surface area contributed by atoms with Gasteiger partial charge in [-0.05, 0) is 74.9 Å². The molecule has 0 atom stereocenters. The van der Waals surface area contributed by atoms with Gasteiger partial charge in [-0.3, -0.25) is 0 Å².